The van der Waals surface area contributed by atoms with Crippen molar-refractivity contribution in [3.63, 3.8) is 0 Å². The first-order valence-electron chi connectivity index (χ1n) is 9.83. The molecule has 1 aromatic heterocycles. The number of amides is 2. The van der Waals surface area contributed by atoms with Crippen molar-refractivity contribution in [2.45, 2.75) is 45.9 Å². The van der Waals surface area contributed by atoms with Crippen molar-refractivity contribution in [2.75, 3.05) is 40.3 Å². The summed E-state index contributed by atoms with van der Waals surface area (Å²) in [5, 5.41) is 7.55. The van der Waals surface area contributed by atoms with Crippen LogP contribution in [0, 0.1) is 5.92 Å². The van der Waals surface area contributed by atoms with E-state index in [2.05, 4.69) is 34.3 Å². The van der Waals surface area contributed by atoms with Gasteiger partial charge in [-0.3, -0.25) is 19.2 Å². The van der Waals surface area contributed by atoms with Crippen LogP contribution in [0.2, 0.25) is 0 Å². The second-order valence-corrected chi connectivity index (χ2v) is 8.18. The Morgan fingerprint density at radius 3 is 2.74 bits per heavy atom. The molecule has 2 aliphatic rings. The molecule has 0 saturated carbocycles. The van der Waals surface area contributed by atoms with Gasteiger partial charge < -0.3 is 15.1 Å². The summed E-state index contributed by atoms with van der Waals surface area (Å²) in [6, 6.07) is 2.53. The van der Waals surface area contributed by atoms with Gasteiger partial charge >= 0.3 is 0 Å². The Kier molecular flexibility index (Phi) is 6.16. The van der Waals surface area contributed by atoms with Crippen molar-refractivity contribution in [1.29, 1.82) is 0 Å². The van der Waals surface area contributed by atoms with Gasteiger partial charge in [-0.25, -0.2) is 0 Å². The number of hydrogen-bond acceptors (Lipinski definition) is 5. The second kappa shape index (κ2) is 8.39. The number of nitrogens with zero attached hydrogens (tertiary/aromatic N) is 5. The molecular weight excluding hydrogens is 344 g/mol. The van der Waals surface area contributed by atoms with Gasteiger partial charge in [0.1, 0.15) is 0 Å². The minimum absolute atomic E-state index is 0.0101. The van der Waals surface area contributed by atoms with E-state index >= 15 is 0 Å². The maximum absolute atomic E-state index is 12.3. The second-order valence-electron chi connectivity index (χ2n) is 8.18. The minimum atomic E-state index is 0.0101. The Morgan fingerprint density at radius 1 is 1.30 bits per heavy atom. The molecule has 1 fully saturated rings. The van der Waals surface area contributed by atoms with Gasteiger partial charge in [0.05, 0.1) is 37.6 Å². The van der Waals surface area contributed by atoms with E-state index in [0.29, 0.717) is 38.8 Å². The molecule has 1 N–H and O–H groups in total. The number of carbonyl (C=O) groups excluding carboxylic acids is 2. The molecule has 0 aliphatic carbocycles. The molecule has 27 heavy (non-hydrogen) atoms. The van der Waals surface area contributed by atoms with Crippen LogP contribution in [0.5, 0.6) is 0 Å². The van der Waals surface area contributed by atoms with E-state index in [0.717, 1.165) is 30.9 Å². The molecule has 3 heterocycles. The molecular formula is C19H32N6O2. The normalized spacial score (nSPS) is 20.4. The zero-order valence-electron chi connectivity index (χ0n) is 16.9. The summed E-state index contributed by atoms with van der Waals surface area (Å²) in [7, 11) is 4.18. The molecule has 0 spiro atoms. The van der Waals surface area contributed by atoms with Crippen LogP contribution in [0.4, 0.5) is 0 Å². The summed E-state index contributed by atoms with van der Waals surface area (Å²) in [5.74, 6) is 0.229. The van der Waals surface area contributed by atoms with Crippen molar-refractivity contribution in [1.82, 2.24) is 29.8 Å². The first-order valence-corrected chi connectivity index (χ1v) is 9.83. The number of likely N-dealkylation sites (tertiary alicyclic amines) is 1. The lowest BCUT2D eigenvalue weighted by Gasteiger charge is -2.29. The third kappa shape index (κ3) is 4.87. The summed E-state index contributed by atoms with van der Waals surface area (Å²) in [4.78, 5) is 30.8. The Morgan fingerprint density at radius 2 is 2.07 bits per heavy atom. The van der Waals surface area contributed by atoms with Gasteiger partial charge in [-0.1, -0.05) is 13.8 Å². The average molecular weight is 377 g/mol. The number of nitrogens with one attached hydrogen (secondary N) is 1. The highest BCUT2D eigenvalue weighted by Crippen LogP contribution is 2.16. The lowest BCUT2D eigenvalue weighted by Crippen LogP contribution is -2.40. The molecule has 0 radical (unpaired) electrons. The first-order chi connectivity index (χ1) is 12.8. The van der Waals surface area contributed by atoms with Gasteiger partial charge in [-0.05, 0) is 26.6 Å². The van der Waals surface area contributed by atoms with Crippen LogP contribution in [-0.2, 0) is 29.2 Å². The largest absolute Gasteiger partial charge is 0.349 e. The van der Waals surface area contributed by atoms with E-state index < -0.39 is 0 Å². The number of carbonyl (C=O) groups is 2. The summed E-state index contributed by atoms with van der Waals surface area (Å²) in [6.07, 6.45) is 1.11. The van der Waals surface area contributed by atoms with Crippen LogP contribution >= 0.6 is 0 Å². The predicted octanol–water partition coefficient (Wildman–Crippen LogP) is 0.133. The molecule has 150 valence electrons. The van der Waals surface area contributed by atoms with Crippen LogP contribution in [0.25, 0.3) is 0 Å². The zero-order valence-corrected chi connectivity index (χ0v) is 16.9. The highest BCUT2D eigenvalue weighted by molar-refractivity contribution is 5.78. The van der Waals surface area contributed by atoms with Gasteiger partial charge in [-0.15, -0.1) is 0 Å². The fraction of sp³-hybridized carbons (Fsp3) is 0.737. The van der Waals surface area contributed by atoms with Gasteiger partial charge in [0, 0.05) is 31.6 Å². The molecule has 1 saturated heterocycles. The smallest absolute Gasteiger partial charge is 0.234 e. The molecule has 8 heteroatoms. The third-order valence-corrected chi connectivity index (χ3v) is 5.47. The topological polar surface area (TPSA) is 73.7 Å². The Bertz CT molecular complexity index is 684. The quantitative estimate of drug-likeness (QED) is 0.764. The lowest BCUT2D eigenvalue weighted by atomic mass is 10.1. The summed E-state index contributed by atoms with van der Waals surface area (Å²) in [5.41, 5.74) is 1.89. The van der Waals surface area contributed by atoms with Crippen LogP contribution in [0.3, 0.4) is 0 Å². The van der Waals surface area contributed by atoms with Crippen molar-refractivity contribution < 1.29 is 9.59 Å². The SMILES string of the molecule is CC(C)C(=O)N1CCn2nc(CNC(=O)CN3CC[C@@H](N(C)C)C3)cc2C1. The lowest BCUT2D eigenvalue weighted by molar-refractivity contribution is -0.136. The molecule has 0 aromatic carbocycles. The zero-order chi connectivity index (χ0) is 19.6. The fourth-order valence-corrected chi connectivity index (χ4v) is 3.79. The number of rotatable bonds is 6. The highest BCUT2D eigenvalue weighted by atomic mass is 16.2. The van der Waals surface area contributed by atoms with Gasteiger partial charge in [0.2, 0.25) is 11.8 Å². The summed E-state index contributed by atoms with van der Waals surface area (Å²) in [6.45, 7) is 8.63. The Balaban J connectivity index is 1.47. The summed E-state index contributed by atoms with van der Waals surface area (Å²) < 4.78 is 1.95. The van der Waals surface area contributed by atoms with E-state index in [1.165, 1.54) is 0 Å². The van der Waals surface area contributed by atoms with E-state index in [4.69, 9.17) is 0 Å². The molecule has 3 rings (SSSR count). The molecule has 8 nitrogen and oxygen atoms in total. The van der Waals surface area contributed by atoms with Crippen LogP contribution in [0.15, 0.2) is 6.07 Å². The molecule has 1 aromatic rings. The van der Waals surface area contributed by atoms with Gasteiger partial charge in [-0.2, -0.15) is 5.10 Å². The molecule has 0 unspecified atom stereocenters. The van der Waals surface area contributed by atoms with E-state index in [1.807, 2.05) is 29.5 Å². The maximum atomic E-state index is 12.3. The number of aromatic nitrogens is 2. The highest BCUT2D eigenvalue weighted by Gasteiger charge is 2.26. The van der Waals surface area contributed by atoms with Gasteiger partial charge in [0.25, 0.3) is 0 Å². The maximum Gasteiger partial charge on any atom is 0.234 e. The van der Waals surface area contributed by atoms with Crippen LogP contribution in [-0.4, -0.2) is 82.6 Å². The van der Waals surface area contributed by atoms with E-state index in [9.17, 15) is 9.59 Å². The molecule has 1 atom stereocenters. The van der Waals surface area contributed by atoms with Crippen molar-refractivity contribution >= 4 is 11.8 Å². The molecule has 2 aliphatic heterocycles. The number of hydrogen-bond donors (Lipinski definition) is 1. The average Bonchev–Trinajstić information content (AvgIpc) is 3.25. The van der Waals surface area contributed by atoms with E-state index in [-0.39, 0.29) is 17.7 Å². The predicted molar refractivity (Wildman–Crippen MR) is 103 cm³/mol. The first kappa shape index (κ1) is 19.8. The third-order valence-electron chi connectivity index (χ3n) is 5.47. The van der Waals surface area contributed by atoms with Crippen molar-refractivity contribution in [2.24, 2.45) is 5.92 Å². The van der Waals surface area contributed by atoms with Crippen LogP contribution in [0.1, 0.15) is 31.7 Å². The van der Waals surface area contributed by atoms with Crippen molar-refractivity contribution in [3.05, 3.63) is 17.5 Å². The molecule has 2 amide bonds. The summed E-state index contributed by atoms with van der Waals surface area (Å²) >= 11 is 0. The monoisotopic (exact) mass is 376 g/mol. The van der Waals surface area contributed by atoms with Crippen LogP contribution < -0.4 is 5.32 Å². The molecule has 0 bridgehead atoms. The minimum Gasteiger partial charge on any atom is -0.349 e. The van der Waals surface area contributed by atoms with Crippen molar-refractivity contribution in [3.8, 4) is 0 Å². The van der Waals surface area contributed by atoms with Gasteiger partial charge in [0.15, 0.2) is 0 Å². The Hall–Kier alpha value is -1.93. The van der Waals surface area contributed by atoms with E-state index in [1.54, 1.807) is 0 Å². The fourth-order valence-electron chi connectivity index (χ4n) is 3.79. The Labute approximate surface area is 161 Å². The standard InChI is InChI=1S/C19H32N6O2/c1-14(2)19(27)24-7-8-25-17(12-24)9-15(21-25)10-20-18(26)13-23-6-5-16(11-23)22(3)4/h9,14,16H,5-8,10-13H2,1-4H3,(H,20,26)/t16-/m1/s1. The number of fused-ring (bicyclic) bond motifs is 1. The number of likely N-dealkylation sites (N-methyl/N-ethyl adjacent to an activating group) is 1.